The Labute approximate surface area is 278 Å². The van der Waals surface area contributed by atoms with Gasteiger partial charge in [-0.3, -0.25) is 14.4 Å². The van der Waals surface area contributed by atoms with Crippen molar-refractivity contribution in [3.63, 3.8) is 0 Å². The van der Waals surface area contributed by atoms with Crippen molar-refractivity contribution in [2.45, 2.75) is 129 Å². The SMILES string of the molecule is C#CC#CCO[C@@]1(C)C[C@@H](C)C(=O)[C@@H](C)[C@H]2NC(=O)O[C@]2(C)[C@H](CC)OC(=O)[C@H](C)C(=O)[C@H](C)[C@H]1O[C@@H]1O[C@H](C)C[C@H](N(C)C)[C@H]1O. The second-order valence-corrected chi connectivity index (χ2v) is 13.9. The van der Waals surface area contributed by atoms with Gasteiger partial charge in [0.05, 0.1) is 23.9 Å². The van der Waals surface area contributed by atoms with Crippen LogP contribution in [0.5, 0.6) is 0 Å². The van der Waals surface area contributed by atoms with Gasteiger partial charge in [-0.25, -0.2) is 4.79 Å². The molecule has 0 aromatic carbocycles. The summed E-state index contributed by atoms with van der Waals surface area (Å²) in [6.45, 7) is 13.3. The topological polar surface area (TPSA) is 150 Å². The molecule has 47 heavy (non-hydrogen) atoms. The molecule has 12 heteroatoms. The van der Waals surface area contributed by atoms with Crippen LogP contribution in [-0.2, 0) is 38.1 Å². The predicted molar refractivity (Wildman–Crippen MR) is 172 cm³/mol. The van der Waals surface area contributed by atoms with Crippen molar-refractivity contribution in [1.82, 2.24) is 10.2 Å². The summed E-state index contributed by atoms with van der Waals surface area (Å²) in [5, 5.41) is 14.1. The molecular weight excluding hydrogens is 608 g/mol. The summed E-state index contributed by atoms with van der Waals surface area (Å²) in [5.41, 5.74) is -2.76. The predicted octanol–water partition coefficient (Wildman–Crippen LogP) is 2.48. The van der Waals surface area contributed by atoms with Crippen molar-refractivity contribution >= 4 is 23.6 Å². The molecule has 3 aliphatic heterocycles. The van der Waals surface area contributed by atoms with Gasteiger partial charge in [0.25, 0.3) is 0 Å². The lowest BCUT2D eigenvalue weighted by atomic mass is 9.73. The lowest BCUT2D eigenvalue weighted by Gasteiger charge is -2.47. The maximum Gasteiger partial charge on any atom is 0.408 e. The zero-order chi connectivity index (χ0) is 35.4. The van der Waals surface area contributed by atoms with E-state index in [4.69, 9.17) is 30.1 Å². The van der Waals surface area contributed by atoms with Crippen LogP contribution in [0, 0.1) is 47.9 Å². The molecule has 0 saturated carbocycles. The first-order chi connectivity index (χ1) is 21.9. The fourth-order valence-corrected chi connectivity index (χ4v) is 7.41. The third-order valence-corrected chi connectivity index (χ3v) is 10.1. The van der Waals surface area contributed by atoms with E-state index in [1.807, 2.05) is 25.9 Å². The van der Waals surface area contributed by atoms with E-state index >= 15 is 0 Å². The first-order valence-electron chi connectivity index (χ1n) is 16.4. The highest BCUT2D eigenvalue weighted by Gasteiger charge is 2.57. The number of hydrogen-bond donors (Lipinski definition) is 2. The van der Waals surface area contributed by atoms with Crippen molar-refractivity contribution in [1.29, 1.82) is 0 Å². The number of nitrogens with zero attached hydrogens (tertiary/aromatic N) is 1. The molecule has 0 radical (unpaired) electrons. The molecule has 0 bridgehead atoms. The van der Waals surface area contributed by atoms with E-state index in [2.05, 4.69) is 23.1 Å². The molecule has 262 valence electrons. The summed E-state index contributed by atoms with van der Waals surface area (Å²) >= 11 is 0. The lowest BCUT2D eigenvalue weighted by molar-refractivity contribution is -0.296. The Morgan fingerprint density at radius 1 is 1.06 bits per heavy atom. The Bertz CT molecular complexity index is 1280. The molecule has 3 fully saturated rings. The van der Waals surface area contributed by atoms with Gasteiger partial charge in [-0.15, -0.1) is 6.42 Å². The second kappa shape index (κ2) is 15.5. The molecule has 0 spiro atoms. The largest absolute Gasteiger partial charge is 0.458 e. The molecular formula is C35H52N2O10. The minimum absolute atomic E-state index is 0.0555. The van der Waals surface area contributed by atoms with Crippen LogP contribution in [0.3, 0.4) is 0 Å². The molecule has 12 nitrogen and oxygen atoms in total. The number of alkyl carbamates (subject to hydrolysis) is 1. The van der Waals surface area contributed by atoms with E-state index in [0.29, 0.717) is 6.42 Å². The van der Waals surface area contributed by atoms with E-state index in [9.17, 15) is 24.3 Å². The van der Waals surface area contributed by atoms with Crippen LogP contribution in [-0.4, -0.2) is 108 Å². The molecule has 3 saturated heterocycles. The fraction of sp³-hybridized carbons (Fsp3) is 0.771. The van der Waals surface area contributed by atoms with E-state index in [0.717, 1.165) is 0 Å². The van der Waals surface area contributed by atoms with Gasteiger partial charge >= 0.3 is 12.1 Å². The zero-order valence-corrected chi connectivity index (χ0v) is 29.3. The summed E-state index contributed by atoms with van der Waals surface area (Å²) in [6, 6.07) is -1.13. The average Bonchev–Trinajstić information content (AvgIpc) is 3.33. The van der Waals surface area contributed by atoms with Crippen LogP contribution in [0.4, 0.5) is 4.79 Å². The number of hydrogen-bond acceptors (Lipinski definition) is 11. The molecule has 3 aliphatic rings. The van der Waals surface area contributed by atoms with Crippen molar-refractivity contribution in [3.8, 4) is 24.2 Å². The molecule has 13 atom stereocenters. The lowest BCUT2D eigenvalue weighted by Crippen LogP contribution is -2.60. The number of aliphatic hydroxyl groups excluding tert-OH is 1. The molecule has 3 rings (SSSR count). The normalized spacial score (nSPS) is 41.8. The standard InChI is InChI=1S/C35H52N2O10/c1-12-14-15-16-43-34(8)18-19(3)26(38)21(5)29-35(9,47-33(42)36-29)25(13-2)45-31(41)23(7)27(39)22(6)30(34)46-32-28(40)24(37(10)11)17-20(4)44-32/h1,19-25,28-30,32,40H,13,16-18H2,2-11H3,(H,36,42)/t19-,20-,21-,22+,23-,24+,25+,28-,29-,30-,32+,34+,35-/m1/s1. The summed E-state index contributed by atoms with van der Waals surface area (Å²) < 4.78 is 30.6. The smallest absolute Gasteiger partial charge is 0.408 e. The summed E-state index contributed by atoms with van der Waals surface area (Å²) in [5.74, 6) is 2.28. The first kappa shape index (κ1) is 38.4. The Balaban J connectivity index is 2.16. The Hall–Kier alpha value is -3.00. The zero-order valence-electron chi connectivity index (χ0n) is 29.3. The van der Waals surface area contributed by atoms with Crippen molar-refractivity contribution in [3.05, 3.63) is 0 Å². The van der Waals surface area contributed by atoms with Crippen LogP contribution in [0.2, 0.25) is 0 Å². The number of likely N-dealkylation sites (N-methyl/N-ethyl adjacent to an activating group) is 1. The monoisotopic (exact) mass is 660 g/mol. The van der Waals surface area contributed by atoms with Gasteiger partial charge in [0.15, 0.2) is 17.7 Å². The summed E-state index contributed by atoms with van der Waals surface area (Å²) in [4.78, 5) is 56.3. The molecule has 2 N–H and O–H groups in total. The molecule has 0 unspecified atom stereocenters. The average molecular weight is 661 g/mol. The number of amides is 1. The summed E-state index contributed by atoms with van der Waals surface area (Å²) in [7, 11) is 3.70. The van der Waals surface area contributed by atoms with Gasteiger partial charge in [0.1, 0.15) is 30.5 Å². The third kappa shape index (κ3) is 8.18. The van der Waals surface area contributed by atoms with Crippen molar-refractivity contribution in [2.75, 3.05) is 20.7 Å². The molecule has 0 aromatic heterocycles. The highest BCUT2D eigenvalue weighted by atomic mass is 16.7. The number of esters is 1. The molecule has 3 heterocycles. The summed E-state index contributed by atoms with van der Waals surface area (Å²) in [6.07, 6.45) is 0.866. The van der Waals surface area contributed by atoms with Crippen molar-refractivity contribution < 1.29 is 48.0 Å². The Kier molecular flexibility index (Phi) is 12.7. The first-order valence-corrected chi connectivity index (χ1v) is 16.4. The number of Topliss-reactive ketones (excluding diaryl/α,β-unsaturated/α-hetero) is 2. The van der Waals surface area contributed by atoms with Crippen LogP contribution in [0.15, 0.2) is 0 Å². The Morgan fingerprint density at radius 2 is 1.72 bits per heavy atom. The second-order valence-electron chi connectivity index (χ2n) is 13.9. The number of fused-ring (bicyclic) bond motifs is 1. The van der Waals surface area contributed by atoms with E-state index in [1.54, 1.807) is 41.5 Å². The highest BCUT2D eigenvalue weighted by molar-refractivity contribution is 6.00. The number of aliphatic hydroxyl groups is 1. The van der Waals surface area contributed by atoms with Gasteiger partial charge in [-0.05, 0) is 72.9 Å². The van der Waals surface area contributed by atoms with Gasteiger partial charge < -0.3 is 39.0 Å². The van der Waals surface area contributed by atoms with Crippen LogP contribution in [0.25, 0.3) is 0 Å². The maximum atomic E-state index is 14.1. The third-order valence-electron chi connectivity index (χ3n) is 10.1. The number of ether oxygens (including phenoxy) is 5. The highest BCUT2D eigenvalue weighted by Crippen LogP contribution is 2.40. The van der Waals surface area contributed by atoms with Gasteiger partial charge in [0, 0.05) is 23.8 Å². The number of carbonyl (C=O) groups excluding carboxylic acids is 4. The van der Waals surface area contributed by atoms with Crippen LogP contribution in [0.1, 0.15) is 74.7 Å². The van der Waals surface area contributed by atoms with Gasteiger partial charge in [0.2, 0.25) is 0 Å². The minimum Gasteiger partial charge on any atom is -0.458 e. The number of rotatable bonds is 6. The van der Waals surface area contributed by atoms with Crippen molar-refractivity contribution in [2.24, 2.45) is 23.7 Å². The number of ketones is 2. The molecule has 0 aromatic rings. The fourth-order valence-electron chi connectivity index (χ4n) is 7.41. The van der Waals surface area contributed by atoms with Gasteiger partial charge in [-0.1, -0.05) is 33.6 Å². The quantitative estimate of drug-likeness (QED) is 0.246. The van der Waals surface area contributed by atoms with E-state index in [-0.39, 0.29) is 37.4 Å². The van der Waals surface area contributed by atoms with E-state index < -0.39 is 83.4 Å². The number of carbonyl (C=O) groups is 4. The number of cyclic esters (lactones) is 1. The molecule has 1 amide bonds. The van der Waals surface area contributed by atoms with Crippen LogP contribution < -0.4 is 5.32 Å². The maximum absolute atomic E-state index is 14.1. The number of terminal acetylenes is 1. The number of nitrogens with one attached hydrogen (secondary N) is 1. The minimum atomic E-state index is -1.39. The Morgan fingerprint density at radius 3 is 2.32 bits per heavy atom. The molecule has 0 aliphatic carbocycles. The van der Waals surface area contributed by atoms with E-state index in [1.165, 1.54) is 6.92 Å². The van der Waals surface area contributed by atoms with Crippen LogP contribution >= 0.6 is 0 Å². The van der Waals surface area contributed by atoms with Gasteiger partial charge in [-0.2, -0.15) is 0 Å².